The molecule has 106 valence electrons. The first-order valence-electron chi connectivity index (χ1n) is 7.17. The molecule has 2 N–H and O–H groups in total. The van der Waals surface area contributed by atoms with Crippen molar-refractivity contribution in [2.24, 2.45) is 0 Å². The van der Waals surface area contributed by atoms with E-state index in [1.54, 1.807) is 0 Å². The highest BCUT2D eigenvalue weighted by Crippen LogP contribution is 2.33. The van der Waals surface area contributed by atoms with Gasteiger partial charge >= 0.3 is 0 Å². The molecule has 0 radical (unpaired) electrons. The molecule has 0 saturated heterocycles. The molecule has 1 aliphatic heterocycles. The average molecular weight is 262 g/mol. The Morgan fingerprint density at radius 3 is 2.74 bits per heavy atom. The van der Waals surface area contributed by atoms with Gasteiger partial charge in [-0.05, 0) is 44.9 Å². The van der Waals surface area contributed by atoms with E-state index < -0.39 is 0 Å². The van der Waals surface area contributed by atoms with Gasteiger partial charge in [0.2, 0.25) is 0 Å². The first-order chi connectivity index (χ1) is 8.85. The van der Waals surface area contributed by atoms with Gasteiger partial charge in [-0.2, -0.15) is 0 Å². The van der Waals surface area contributed by atoms with Crippen molar-refractivity contribution < 1.29 is 4.74 Å². The molecular formula is C16H26N2O. The lowest BCUT2D eigenvalue weighted by Crippen LogP contribution is -2.40. The molecule has 1 heterocycles. The second-order valence-electron chi connectivity index (χ2n) is 6.47. The number of fused-ring (bicyclic) bond motifs is 1. The highest BCUT2D eigenvalue weighted by Gasteiger charge is 2.26. The number of hydrogen-bond acceptors (Lipinski definition) is 3. The van der Waals surface area contributed by atoms with Gasteiger partial charge in [-0.1, -0.05) is 19.9 Å². The lowest BCUT2D eigenvalue weighted by Gasteiger charge is -2.33. The van der Waals surface area contributed by atoms with Crippen molar-refractivity contribution in [3.8, 4) is 5.75 Å². The van der Waals surface area contributed by atoms with E-state index in [2.05, 4.69) is 63.5 Å². The highest BCUT2D eigenvalue weighted by molar-refractivity contribution is 5.60. The van der Waals surface area contributed by atoms with E-state index in [1.165, 1.54) is 5.56 Å². The molecule has 0 amide bonds. The SMILES string of the molecule is CC(C)NC(C)Cc1ccc2c(c1)NCC(C)(C)O2. The molecule has 0 bridgehead atoms. The highest BCUT2D eigenvalue weighted by atomic mass is 16.5. The zero-order chi connectivity index (χ0) is 14.0. The number of anilines is 1. The standard InChI is InChI=1S/C16H26N2O/c1-11(2)18-12(3)8-13-6-7-15-14(9-13)17-10-16(4,5)19-15/h6-7,9,11-12,17-18H,8,10H2,1-5H3. The van der Waals surface area contributed by atoms with Gasteiger partial charge in [0.1, 0.15) is 11.4 Å². The molecule has 1 aromatic rings. The molecule has 2 rings (SSSR count). The molecule has 1 atom stereocenters. The molecule has 3 nitrogen and oxygen atoms in total. The Morgan fingerprint density at radius 1 is 1.32 bits per heavy atom. The monoisotopic (exact) mass is 262 g/mol. The Labute approximate surface area is 116 Å². The van der Waals surface area contributed by atoms with Crippen LogP contribution in [0.5, 0.6) is 5.75 Å². The topological polar surface area (TPSA) is 33.3 Å². The van der Waals surface area contributed by atoms with Crippen molar-refractivity contribution in [2.45, 2.75) is 58.7 Å². The average Bonchev–Trinajstić information content (AvgIpc) is 2.27. The maximum Gasteiger partial charge on any atom is 0.143 e. The van der Waals surface area contributed by atoms with Crippen molar-refractivity contribution >= 4 is 5.69 Å². The summed E-state index contributed by atoms with van der Waals surface area (Å²) in [6, 6.07) is 7.47. The van der Waals surface area contributed by atoms with Crippen molar-refractivity contribution in [3.63, 3.8) is 0 Å². The minimum Gasteiger partial charge on any atom is -0.484 e. The maximum absolute atomic E-state index is 5.97. The summed E-state index contributed by atoms with van der Waals surface area (Å²) in [6.45, 7) is 11.6. The number of benzene rings is 1. The Bertz CT molecular complexity index is 440. The van der Waals surface area contributed by atoms with Crippen LogP contribution in [0.1, 0.15) is 40.2 Å². The van der Waals surface area contributed by atoms with Crippen molar-refractivity contribution in [3.05, 3.63) is 23.8 Å². The van der Waals surface area contributed by atoms with E-state index >= 15 is 0 Å². The van der Waals surface area contributed by atoms with E-state index in [-0.39, 0.29) is 5.60 Å². The van der Waals surface area contributed by atoms with E-state index in [9.17, 15) is 0 Å². The van der Waals surface area contributed by atoms with Crippen LogP contribution in [0.2, 0.25) is 0 Å². The van der Waals surface area contributed by atoms with Crippen molar-refractivity contribution in [2.75, 3.05) is 11.9 Å². The van der Waals surface area contributed by atoms with Gasteiger partial charge in [-0.15, -0.1) is 0 Å². The number of hydrogen-bond donors (Lipinski definition) is 2. The molecule has 0 fully saturated rings. The van der Waals surface area contributed by atoms with Crippen LogP contribution in [0.15, 0.2) is 18.2 Å². The zero-order valence-electron chi connectivity index (χ0n) is 12.7. The van der Waals surface area contributed by atoms with Gasteiger partial charge in [0, 0.05) is 12.1 Å². The van der Waals surface area contributed by atoms with E-state index in [1.807, 2.05) is 0 Å². The quantitative estimate of drug-likeness (QED) is 0.874. The normalized spacial score (nSPS) is 18.4. The molecule has 1 aromatic carbocycles. The summed E-state index contributed by atoms with van der Waals surface area (Å²) in [4.78, 5) is 0. The molecule has 3 heteroatoms. The zero-order valence-corrected chi connectivity index (χ0v) is 12.7. The molecule has 0 saturated carbocycles. The fourth-order valence-corrected chi connectivity index (χ4v) is 2.55. The van der Waals surface area contributed by atoms with Crippen LogP contribution in [0.4, 0.5) is 5.69 Å². The fourth-order valence-electron chi connectivity index (χ4n) is 2.55. The predicted octanol–water partition coefficient (Wildman–Crippen LogP) is 3.20. The van der Waals surface area contributed by atoms with Gasteiger partial charge in [-0.25, -0.2) is 0 Å². The smallest absolute Gasteiger partial charge is 0.143 e. The van der Waals surface area contributed by atoms with Crippen LogP contribution >= 0.6 is 0 Å². The summed E-state index contributed by atoms with van der Waals surface area (Å²) >= 11 is 0. The third-order valence-corrected chi connectivity index (χ3v) is 3.29. The molecule has 19 heavy (non-hydrogen) atoms. The van der Waals surface area contributed by atoms with Gasteiger partial charge in [-0.3, -0.25) is 0 Å². The molecule has 0 spiro atoms. The molecule has 0 aliphatic carbocycles. The molecule has 1 unspecified atom stereocenters. The Kier molecular flexibility index (Phi) is 4.04. The van der Waals surface area contributed by atoms with Crippen LogP contribution in [-0.2, 0) is 6.42 Å². The summed E-state index contributed by atoms with van der Waals surface area (Å²) in [5.41, 5.74) is 2.34. The summed E-state index contributed by atoms with van der Waals surface area (Å²) in [5, 5.41) is 6.99. The van der Waals surface area contributed by atoms with Gasteiger partial charge in [0.05, 0.1) is 12.2 Å². The first-order valence-corrected chi connectivity index (χ1v) is 7.17. The second-order valence-corrected chi connectivity index (χ2v) is 6.47. The largest absolute Gasteiger partial charge is 0.484 e. The van der Waals surface area contributed by atoms with Crippen LogP contribution in [-0.4, -0.2) is 24.2 Å². The Balaban J connectivity index is 2.06. The third kappa shape index (κ3) is 3.87. The number of ether oxygens (including phenoxy) is 1. The maximum atomic E-state index is 5.97. The molecular weight excluding hydrogens is 236 g/mol. The predicted molar refractivity (Wildman–Crippen MR) is 81.1 cm³/mol. The Morgan fingerprint density at radius 2 is 2.05 bits per heavy atom. The number of nitrogens with one attached hydrogen (secondary N) is 2. The minimum atomic E-state index is -0.124. The van der Waals surface area contributed by atoms with Gasteiger partial charge in [0.25, 0.3) is 0 Å². The summed E-state index contributed by atoms with van der Waals surface area (Å²) in [5.74, 6) is 0.962. The van der Waals surface area contributed by atoms with Crippen LogP contribution in [0.25, 0.3) is 0 Å². The number of rotatable bonds is 4. The van der Waals surface area contributed by atoms with E-state index in [0.29, 0.717) is 12.1 Å². The molecule has 1 aliphatic rings. The second kappa shape index (κ2) is 5.41. The summed E-state index contributed by atoms with van der Waals surface area (Å²) < 4.78 is 5.97. The van der Waals surface area contributed by atoms with Crippen LogP contribution in [0, 0.1) is 0 Å². The van der Waals surface area contributed by atoms with Gasteiger partial charge in [0.15, 0.2) is 0 Å². The Hall–Kier alpha value is -1.22. The van der Waals surface area contributed by atoms with Crippen LogP contribution < -0.4 is 15.4 Å². The summed E-state index contributed by atoms with van der Waals surface area (Å²) in [6.07, 6.45) is 1.04. The first kappa shape index (κ1) is 14.2. The van der Waals surface area contributed by atoms with Crippen molar-refractivity contribution in [1.29, 1.82) is 0 Å². The van der Waals surface area contributed by atoms with E-state index in [4.69, 9.17) is 4.74 Å². The molecule has 0 aromatic heterocycles. The minimum absolute atomic E-state index is 0.124. The fraction of sp³-hybridized carbons (Fsp3) is 0.625. The summed E-state index contributed by atoms with van der Waals surface area (Å²) in [7, 11) is 0. The lowest BCUT2D eigenvalue weighted by atomic mass is 10.0. The van der Waals surface area contributed by atoms with E-state index in [0.717, 1.165) is 24.4 Å². The van der Waals surface area contributed by atoms with Gasteiger partial charge < -0.3 is 15.4 Å². The lowest BCUT2D eigenvalue weighted by molar-refractivity contribution is 0.116. The van der Waals surface area contributed by atoms with Crippen LogP contribution in [0.3, 0.4) is 0 Å². The van der Waals surface area contributed by atoms with Crippen molar-refractivity contribution in [1.82, 2.24) is 5.32 Å². The third-order valence-electron chi connectivity index (χ3n) is 3.29.